The zero-order chi connectivity index (χ0) is 23.7. The van der Waals surface area contributed by atoms with Crippen LogP contribution >= 0.6 is 0 Å². The molecule has 0 aliphatic heterocycles. The van der Waals surface area contributed by atoms with Gasteiger partial charge in [-0.15, -0.1) is 0 Å². The van der Waals surface area contributed by atoms with Crippen molar-refractivity contribution in [1.29, 1.82) is 0 Å². The molecule has 0 saturated carbocycles. The van der Waals surface area contributed by atoms with Crippen LogP contribution in [0.25, 0.3) is 6.08 Å². The zero-order valence-electron chi connectivity index (χ0n) is 18.3. The Morgan fingerprint density at radius 3 is 2.03 bits per heavy atom. The molecule has 174 valence electrons. The molecule has 0 fully saturated rings. The molecule has 0 radical (unpaired) electrons. The molecular formula is C21H25NO9S. The van der Waals surface area contributed by atoms with E-state index in [0.29, 0.717) is 28.4 Å². The third-order valence-corrected chi connectivity index (χ3v) is 5.40. The summed E-state index contributed by atoms with van der Waals surface area (Å²) in [5, 5.41) is 0. The highest BCUT2D eigenvalue weighted by Gasteiger charge is 2.16. The minimum atomic E-state index is -3.78. The third-order valence-electron chi connectivity index (χ3n) is 4.20. The normalized spacial score (nSPS) is 11.0. The molecule has 2 aromatic rings. The Hall–Kier alpha value is -3.60. The standard InChI is InChI=1S/C21H25NO9S/c1-26-15-11-18(28-3)16(19(12-15)29-4)8-9-22-32(24,25)13-14-6-7-17(27-2)20(10-14)31-21(23)30-5/h6-12,22H,13H2,1-5H3/b9-8+. The van der Waals surface area contributed by atoms with Crippen LogP contribution in [0.4, 0.5) is 4.79 Å². The highest BCUT2D eigenvalue weighted by Crippen LogP contribution is 2.35. The minimum Gasteiger partial charge on any atom is -0.496 e. The van der Waals surface area contributed by atoms with E-state index in [4.69, 9.17) is 23.7 Å². The van der Waals surface area contributed by atoms with E-state index in [1.54, 1.807) is 18.2 Å². The molecule has 10 nitrogen and oxygen atoms in total. The molecule has 0 amide bonds. The van der Waals surface area contributed by atoms with Crippen molar-refractivity contribution in [3.63, 3.8) is 0 Å². The van der Waals surface area contributed by atoms with E-state index in [2.05, 4.69) is 9.46 Å². The fourth-order valence-electron chi connectivity index (χ4n) is 2.70. The van der Waals surface area contributed by atoms with E-state index in [1.807, 2.05) is 0 Å². The molecule has 0 unspecified atom stereocenters. The number of nitrogens with one attached hydrogen (secondary N) is 1. The number of benzene rings is 2. The Morgan fingerprint density at radius 1 is 0.875 bits per heavy atom. The summed E-state index contributed by atoms with van der Waals surface area (Å²) in [6.45, 7) is 0. The number of hydrogen-bond donors (Lipinski definition) is 1. The van der Waals surface area contributed by atoms with Crippen LogP contribution < -0.4 is 28.4 Å². The molecule has 0 aliphatic carbocycles. The lowest BCUT2D eigenvalue weighted by molar-refractivity contribution is 0.120. The average molecular weight is 467 g/mol. The van der Waals surface area contributed by atoms with Crippen LogP contribution in [-0.4, -0.2) is 50.1 Å². The van der Waals surface area contributed by atoms with E-state index >= 15 is 0 Å². The molecule has 11 heteroatoms. The van der Waals surface area contributed by atoms with Crippen molar-refractivity contribution >= 4 is 22.3 Å². The van der Waals surface area contributed by atoms with Crippen molar-refractivity contribution in [2.24, 2.45) is 0 Å². The molecule has 2 aromatic carbocycles. The SMILES string of the molecule is COC(=O)Oc1cc(CS(=O)(=O)N/C=C/c2c(OC)cc(OC)cc2OC)ccc1OC. The summed E-state index contributed by atoms with van der Waals surface area (Å²) in [5.41, 5.74) is 0.891. The van der Waals surface area contributed by atoms with Crippen LogP contribution in [0, 0.1) is 0 Å². The second-order valence-corrected chi connectivity index (χ2v) is 7.95. The van der Waals surface area contributed by atoms with Gasteiger partial charge in [0.2, 0.25) is 10.0 Å². The number of methoxy groups -OCH3 is 5. The van der Waals surface area contributed by atoms with Gasteiger partial charge in [-0.2, -0.15) is 0 Å². The quantitative estimate of drug-likeness (QED) is 0.415. The summed E-state index contributed by atoms with van der Waals surface area (Å²) in [4.78, 5) is 11.4. The van der Waals surface area contributed by atoms with Crippen molar-refractivity contribution in [2.75, 3.05) is 35.5 Å². The van der Waals surface area contributed by atoms with Crippen LogP contribution in [0.2, 0.25) is 0 Å². The molecule has 0 spiro atoms. The van der Waals surface area contributed by atoms with Gasteiger partial charge in [0, 0.05) is 18.3 Å². The Bertz CT molecular complexity index is 1060. The van der Waals surface area contributed by atoms with E-state index in [1.165, 1.54) is 52.8 Å². The molecule has 1 N–H and O–H groups in total. The van der Waals surface area contributed by atoms with Crippen LogP contribution in [0.5, 0.6) is 28.7 Å². The average Bonchev–Trinajstić information content (AvgIpc) is 2.78. The lowest BCUT2D eigenvalue weighted by atomic mass is 10.1. The van der Waals surface area contributed by atoms with Gasteiger partial charge in [0.05, 0.1) is 46.9 Å². The first-order valence-electron chi connectivity index (χ1n) is 9.16. The van der Waals surface area contributed by atoms with Gasteiger partial charge in [0.15, 0.2) is 11.5 Å². The van der Waals surface area contributed by atoms with Crippen molar-refractivity contribution in [3.8, 4) is 28.7 Å². The maximum Gasteiger partial charge on any atom is 0.513 e. The molecule has 0 saturated heterocycles. The van der Waals surface area contributed by atoms with Crippen molar-refractivity contribution < 1.29 is 41.6 Å². The van der Waals surface area contributed by atoms with Crippen molar-refractivity contribution in [1.82, 2.24) is 4.72 Å². The lowest BCUT2D eigenvalue weighted by Crippen LogP contribution is -2.19. The van der Waals surface area contributed by atoms with Gasteiger partial charge in [-0.05, 0) is 23.8 Å². The summed E-state index contributed by atoms with van der Waals surface area (Å²) >= 11 is 0. The number of ether oxygens (including phenoxy) is 6. The molecular weight excluding hydrogens is 442 g/mol. The van der Waals surface area contributed by atoms with Gasteiger partial charge in [-0.25, -0.2) is 13.2 Å². The summed E-state index contributed by atoms with van der Waals surface area (Å²) < 4.78 is 57.9. The predicted octanol–water partition coefficient (Wildman–Crippen LogP) is 2.96. The van der Waals surface area contributed by atoms with Crippen molar-refractivity contribution in [3.05, 3.63) is 47.7 Å². The fraction of sp³-hybridized carbons (Fsp3) is 0.286. The molecule has 0 atom stereocenters. The van der Waals surface area contributed by atoms with Crippen LogP contribution in [0.15, 0.2) is 36.5 Å². The van der Waals surface area contributed by atoms with Gasteiger partial charge in [-0.1, -0.05) is 6.07 Å². The molecule has 0 aromatic heterocycles. The highest BCUT2D eigenvalue weighted by molar-refractivity contribution is 7.88. The third kappa shape index (κ3) is 6.45. The Morgan fingerprint density at radius 2 is 1.50 bits per heavy atom. The van der Waals surface area contributed by atoms with E-state index < -0.39 is 16.2 Å². The van der Waals surface area contributed by atoms with E-state index in [0.717, 1.165) is 7.11 Å². The number of carbonyl (C=O) groups is 1. The van der Waals surface area contributed by atoms with Crippen LogP contribution in [0.1, 0.15) is 11.1 Å². The maximum atomic E-state index is 12.5. The van der Waals surface area contributed by atoms with E-state index in [9.17, 15) is 13.2 Å². The Kier molecular flexibility index (Phi) is 8.59. The fourth-order valence-corrected chi connectivity index (χ4v) is 3.68. The van der Waals surface area contributed by atoms with Crippen LogP contribution in [0.3, 0.4) is 0 Å². The molecule has 2 rings (SSSR count). The predicted molar refractivity (Wildman–Crippen MR) is 117 cm³/mol. The van der Waals surface area contributed by atoms with Gasteiger partial charge in [0.1, 0.15) is 17.2 Å². The summed E-state index contributed by atoms with van der Waals surface area (Å²) in [6, 6.07) is 7.72. The molecule has 0 bridgehead atoms. The Balaban J connectivity index is 2.21. The molecule has 0 heterocycles. The topological polar surface area (TPSA) is 119 Å². The smallest absolute Gasteiger partial charge is 0.496 e. The summed E-state index contributed by atoms with van der Waals surface area (Å²) in [6.07, 6.45) is 1.82. The summed E-state index contributed by atoms with van der Waals surface area (Å²) in [5.74, 6) is 1.32. The molecule has 0 aliphatic rings. The minimum absolute atomic E-state index is 0.0373. The second-order valence-electron chi connectivity index (χ2n) is 6.20. The highest BCUT2D eigenvalue weighted by atomic mass is 32.2. The van der Waals surface area contributed by atoms with Crippen LogP contribution in [-0.2, 0) is 20.5 Å². The first kappa shape index (κ1) is 24.7. The number of sulfonamides is 1. The zero-order valence-corrected chi connectivity index (χ0v) is 19.1. The first-order chi connectivity index (χ1) is 15.3. The van der Waals surface area contributed by atoms with Crippen molar-refractivity contribution in [2.45, 2.75) is 5.75 Å². The monoisotopic (exact) mass is 467 g/mol. The first-order valence-corrected chi connectivity index (χ1v) is 10.8. The largest absolute Gasteiger partial charge is 0.513 e. The van der Waals surface area contributed by atoms with Gasteiger partial charge in [-0.3, -0.25) is 4.72 Å². The number of carbonyl (C=O) groups excluding carboxylic acids is 1. The number of rotatable bonds is 10. The maximum absolute atomic E-state index is 12.5. The van der Waals surface area contributed by atoms with E-state index in [-0.39, 0.29) is 17.3 Å². The second kappa shape index (κ2) is 11.1. The van der Waals surface area contributed by atoms with Gasteiger partial charge < -0.3 is 28.4 Å². The van der Waals surface area contributed by atoms with Gasteiger partial charge >= 0.3 is 6.16 Å². The van der Waals surface area contributed by atoms with Gasteiger partial charge in [0.25, 0.3) is 0 Å². The molecule has 32 heavy (non-hydrogen) atoms. The Labute approximate surface area is 186 Å². The summed E-state index contributed by atoms with van der Waals surface area (Å²) in [7, 11) is 3.24. The number of hydrogen-bond acceptors (Lipinski definition) is 9. The lowest BCUT2D eigenvalue weighted by Gasteiger charge is -2.13.